The highest BCUT2D eigenvalue weighted by Crippen LogP contribution is 2.27. The van der Waals surface area contributed by atoms with E-state index >= 15 is 0 Å². The summed E-state index contributed by atoms with van der Waals surface area (Å²) >= 11 is 0. The van der Waals surface area contributed by atoms with Crippen molar-refractivity contribution in [3.63, 3.8) is 0 Å². The number of carbonyl (C=O) groups is 1. The molecule has 0 aliphatic carbocycles. The van der Waals surface area contributed by atoms with Gasteiger partial charge in [-0.25, -0.2) is 4.39 Å². The first-order valence-electron chi connectivity index (χ1n) is 11.4. The number of nitrogens with zero attached hydrogens (tertiary/aromatic N) is 2. The summed E-state index contributed by atoms with van der Waals surface area (Å²) in [5.74, 6) is 0.275. The molecule has 0 saturated carbocycles. The molecular formula is C28H35FN2O. The van der Waals surface area contributed by atoms with E-state index in [0.29, 0.717) is 32.0 Å². The number of amides is 1. The fourth-order valence-corrected chi connectivity index (χ4v) is 4.31. The highest BCUT2D eigenvalue weighted by molar-refractivity contribution is 5.76. The van der Waals surface area contributed by atoms with Gasteiger partial charge in [0.05, 0.1) is 6.54 Å². The van der Waals surface area contributed by atoms with E-state index in [1.165, 1.54) is 12.1 Å². The van der Waals surface area contributed by atoms with E-state index in [1.807, 2.05) is 35.4 Å². The second-order valence-corrected chi connectivity index (χ2v) is 10.1. The maximum absolute atomic E-state index is 13.4. The van der Waals surface area contributed by atoms with Gasteiger partial charge in [0.1, 0.15) is 5.82 Å². The normalized spacial score (nSPS) is 12.5. The monoisotopic (exact) mass is 434 g/mol. The molecule has 4 heteroatoms. The van der Waals surface area contributed by atoms with Gasteiger partial charge in [-0.15, -0.1) is 0 Å². The minimum atomic E-state index is -0.231. The van der Waals surface area contributed by atoms with Crippen molar-refractivity contribution in [2.45, 2.75) is 60.2 Å². The van der Waals surface area contributed by atoms with Gasteiger partial charge in [-0.3, -0.25) is 4.79 Å². The van der Waals surface area contributed by atoms with Crippen LogP contribution in [-0.2, 0) is 24.4 Å². The van der Waals surface area contributed by atoms with Crippen molar-refractivity contribution in [2.75, 3.05) is 0 Å². The Bertz CT molecular complexity index is 986. The van der Waals surface area contributed by atoms with E-state index < -0.39 is 0 Å². The third-order valence-electron chi connectivity index (χ3n) is 5.60. The molecule has 1 aromatic heterocycles. The summed E-state index contributed by atoms with van der Waals surface area (Å²) in [6.07, 6.45) is 3.58. The Kier molecular flexibility index (Phi) is 7.89. The van der Waals surface area contributed by atoms with E-state index in [0.717, 1.165) is 23.2 Å². The van der Waals surface area contributed by atoms with Crippen LogP contribution in [-0.4, -0.2) is 15.4 Å². The fourth-order valence-electron chi connectivity index (χ4n) is 4.31. The zero-order valence-corrected chi connectivity index (χ0v) is 19.7. The first-order chi connectivity index (χ1) is 15.2. The Morgan fingerprint density at radius 2 is 1.62 bits per heavy atom. The average molecular weight is 435 g/mol. The number of benzene rings is 2. The van der Waals surface area contributed by atoms with Crippen molar-refractivity contribution in [3.05, 3.63) is 95.6 Å². The Morgan fingerprint density at radius 1 is 0.938 bits per heavy atom. The molecule has 170 valence electrons. The molecule has 32 heavy (non-hydrogen) atoms. The Balaban J connectivity index is 1.76. The van der Waals surface area contributed by atoms with Crippen LogP contribution >= 0.6 is 0 Å². The SMILES string of the molecule is C[C@H](CC(=O)N(Cc1ccccc1)Cc1cccn1Cc1ccc(F)cc1)CC(C)(C)C. The van der Waals surface area contributed by atoms with Crippen molar-refractivity contribution in [3.8, 4) is 0 Å². The number of hydrogen-bond acceptors (Lipinski definition) is 1. The van der Waals surface area contributed by atoms with Gasteiger partial charge in [0, 0.05) is 31.4 Å². The first kappa shape index (κ1) is 23.8. The number of halogens is 1. The summed E-state index contributed by atoms with van der Waals surface area (Å²) in [6.45, 7) is 10.6. The van der Waals surface area contributed by atoms with Gasteiger partial charge in [0.25, 0.3) is 0 Å². The van der Waals surface area contributed by atoms with Crippen LogP contribution < -0.4 is 0 Å². The molecule has 3 aromatic rings. The quantitative estimate of drug-likeness (QED) is 0.369. The Morgan fingerprint density at radius 3 is 2.28 bits per heavy atom. The standard InChI is InChI=1S/C28H35FN2O/c1-22(18-28(2,3)4)17-27(32)31(20-23-9-6-5-7-10-23)21-26-11-8-16-30(26)19-24-12-14-25(29)15-13-24/h5-16,22H,17-21H2,1-4H3/t22-/m1/s1. The molecule has 0 fully saturated rings. The lowest BCUT2D eigenvalue weighted by molar-refractivity contribution is -0.133. The lowest BCUT2D eigenvalue weighted by Gasteiger charge is -2.27. The van der Waals surface area contributed by atoms with E-state index in [4.69, 9.17) is 0 Å². The molecule has 0 aliphatic rings. The maximum Gasteiger partial charge on any atom is 0.223 e. The molecule has 0 aliphatic heterocycles. The van der Waals surface area contributed by atoms with Crippen LogP contribution in [0.3, 0.4) is 0 Å². The Hall–Kier alpha value is -2.88. The number of aromatic nitrogens is 1. The third kappa shape index (κ3) is 7.37. The molecule has 0 saturated heterocycles. The van der Waals surface area contributed by atoms with Crippen molar-refractivity contribution in [1.82, 2.24) is 9.47 Å². The van der Waals surface area contributed by atoms with Gasteiger partial charge in [0.15, 0.2) is 0 Å². The summed E-state index contributed by atoms with van der Waals surface area (Å²) in [4.78, 5) is 15.3. The van der Waals surface area contributed by atoms with Crippen LogP contribution in [0.5, 0.6) is 0 Å². The van der Waals surface area contributed by atoms with Crippen molar-refractivity contribution < 1.29 is 9.18 Å². The van der Waals surface area contributed by atoms with Crippen LogP contribution in [0.1, 0.15) is 57.4 Å². The number of rotatable bonds is 9. The lowest BCUT2D eigenvalue weighted by atomic mass is 9.84. The van der Waals surface area contributed by atoms with E-state index in [1.54, 1.807) is 12.1 Å². The fraction of sp³-hybridized carbons (Fsp3) is 0.393. The molecule has 0 radical (unpaired) electrons. The van der Waals surface area contributed by atoms with Crippen molar-refractivity contribution >= 4 is 5.91 Å². The van der Waals surface area contributed by atoms with Crippen LogP contribution in [0.25, 0.3) is 0 Å². The minimum Gasteiger partial charge on any atom is -0.345 e. The van der Waals surface area contributed by atoms with E-state index in [2.05, 4.69) is 50.5 Å². The molecule has 3 nitrogen and oxygen atoms in total. The summed E-state index contributed by atoms with van der Waals surface area (Å²) in [6, 6.07) is 20.8. The smallest absolute Gasteiger partial charge is 0.223 e. The first-order valence-corrected chi connectivity index (χ1v) is 11.4. The van der Waals surface area contributed by atoms with Gasteiger partial charge in [-0.2, -0.15) is 0 Å². The van der Waals surface area contributed by atoms with Gasteiger partial charge in [0.2, 0.25) is 5.91 Å². The van der Waals surface area contributed by atoms with Gasteiger partial charge < -0.3 is 9.47 Å². The molecule has 0 bridgehead atoms. The second kappa shape index (κ2) is 10.6. The molecule has 1 heterocycles. The summed E-state index contributed by atoms with van der Waals surface area (Å²) < 4.78 is 15.4. The minimum absolute atomic E-state index is 0.181. The molecule has 0 N–H and O–H groups in total. The van der Waals surface area contributed by atoms with Gasteiger partial charge in [-0.1, -0.05) is 70.2 Å². The zero-order valence-electron chi connectivity index (χ0n) is 19.7. The predicted molar refractivity (Wildman–Crippen MR) is 128 cm³/mol. The van der Waals surface area contributed by atoms with Crippen molar-refractivity contribution in [1.29, 1.82) is 0 Å². The summed E-state index contributed by atoms with van der Waals surface area (Å²) in [5.41, 5.74) is 3.43. The van der Waals surface area contributed by atoms with Crippen LogP contribution in [0.2, 0.25) is 0 Å². The topological polar surface area (TPSA) is 25.2 Å². The molecule has 2 aromatic carbocycles. The number of hydrogen-bond donors (Lipinski definition) is 0. The van der Waals surface area contributed by atoms with Crippen LogP contribution in [0.4, 0.5) is 4.39 Å². The zero-order chi connectivity index (χ0) is 23.1. The van der Waals surface area contributed by atoms with E-state index in [-0.39, 0.29) is 17.1 Å². The highest BCUT2D eigenvalue weighted by Gasteiger charge is 2.22. The van der Waals surface area contributed by atoms with Crippen LogP contribution in [0.15, 0.2) is 72.9 Å². The highest BCUT2D eigenvalue weighted by atomic mass is 19.1. The molecule has 1 amide bonds. The van der Waals surface area contributed by atoms with Gasteiger partial charge >= 0.3 is 0 Å². The van der Waals surface area contributed by atoms with Crippen LogP contribution in [0, 0.1) is 17.2 Å². The molecular weight excluding hydrogens is 399 g/mol. The lowest BCUT2D eigenvalue weighted by Crippen LogP contribution is -2.32. The molecule has 0 unspecified atom stereocenters. The largest absolute Gasteiger partial charge is 0.345 e. The summed E-state index contributed by atoms with van der Waals surface area (Å²) in [5, 5.41) is 0. The second-order valence-electron chi connectivity index (χ2n) is 10.1. The van der Waals surface area contributed by atoms with E-state index in [9.17, 15) is 9.18 Å². The molecule has 3 rings (SSSR count). The Labute approximate surface area is 191 Å². The predicted octanol–water partition coefficient (Wildman–Crippen LogP) is 6.67. The van der Waals surface area contributed by atoms with Gasteiger partial charge in [-0.05, 0) is 53.1 Å². The average Bonchev–Trinajstić information content (AvgIpc) is 3.15. The number of carbonyl (C=O) groups excluding carboxylic acids is 1. The third-order valence-corrected chi connectivity index (χ3v) is 5.60. The maximum atomic E-state index is 13.4. The summed E-state index contributed by atoms with van der Waals surface area (Å²) in [7, 11) is 0. The van der Waals surface area contributed by atoms with Crippen molar-refractivity contribution in [2.24, 2.45) is 11.3 Å². The molecule has 0 spiro atoms. The molecule has 1 atom stereocenters.